The summed E-state index contributed by atoms with van der Waals surface area (Å²) in [5.74, 6) is 0.112. The van der Waals surface area contributed by atoms with Crippen LogP contribution >= 0.6 is 0 Å². The maximum Gasteiger partial charge on any atom is 0.410 e. The van der Waals surface area contributed by atoms with Gasteiger partial charge in [-0.25, -0.2) is 4.79 Å². The molecule has 1 amide bonds. The van der Waals surface area contributed by atoms with Crippen LogP contribution in [0.5, 0.6) is 0 Å². The lowest BCUT2D eigenvalue weighted by Gasteiger charge is -2.33. The smallest absolute Gasteiger partial charge is 0.410 e. The molecule has 2 aromatic rings. The van der Waals surface area contributed by atoms with Crippen molar-refractivity contribution in [2.75, 3.05) is 19.8 Å². The van der Waals surface area contributed by atoms with Crippen molar-refractivity contribution in [2.45, 2.75) is 50.6 Å². The topological polar surface area (TPSA) is 38.8 Å². The molecule has 0 aromatic heterocycles. The Kier molecular flexibility index (Phi) is 5.34. The highest BCUT2D eigenvalue weighted by Gasteiger charge is 2.40. The number of benzene rings is 2. The van der Waals surface area contributed by atoms with Gasteiger partial charge in [0.05, 0.1) is 12.6 Å². The Labute approximate surface area is 178 Å². The quantitative estimate of drug-likeness (QED) is 0.470. The normalized spacial score (nSPS) is 21.9. The van der Waals surface area contributed by atoms with Gasteiger partial charge in [-0.1, -0.05) is 60.2 Å². The molecule has 4 nitrogen and oxygen atoms in total. The number of fused-ring (bicyclic) bond motifs is 5. The van der Waals surface area contributed by atoms with Crippen LogP contribution in [-0.4, -0.2) is 42.9 Å². The van der Waals surface area contributed by atoms with Gasteiger partial charge in [0.15, 0.2) is 0 Å². The summed E-state index contributed by atoms with van der Waals surface area (Å²) in [6.45, 7) is 3.94. The van der Waals surface area contributed by atoms with E-state index in [2.05, 4.69) is 54.6 Å². The van der Waals surface area contributed by atoms with Gasteiger partial charge in [0.2, 0.25) is 0 Å². The summed E-state index contributed by atoms with van der Waals surface area (Å²) in [5, 5.41) is 0. The van der Waals surface area contributed by atoms with Crippen LogP contribution in [0.1, 0.15) is 49.7 Å². The Morgan fingerprint density at radius 1 is 1.03 bits per heavy atom. The van der Waals surface area contributed by atoms with E-state index in [1.54, 1.807) is 0 Å². The Hall–Kier alpha value is -2.59. The molecule has 156 valence electrons. The molecule has 2 aromatic carbocycles. The molecule has 0 radical (unpaired) electrons. The molecule has 2 heterocycles. The Balaban J connectivity index is 1.27. The first-order valence-corrected chi connectivity index (χ1v) is 11.2. The molecule has 2 atom stereocenters. The maximum absolute atomic E-state index is 13.1. The second kappa shape index (κ2) is 8.27. The van der Waals surface area contributed by atoms with Crippen LogP contribution < -0.4 is 0 Å². The molecule has 1 aliphatic carbocycles. The zero-order valence-electron chi connectivity index (χ0n) is 17.5. The second-order valence-corrected chi connectivity index (χ2v) is 8.49. The van der Waals surface area contributed by atoms with E-state index >= 15 is 0 Å². The van der Waals surface area contributed by atoms with Crippen molar-refractivity contribution >= 4 is 6.09 Å². The first kappa shape index (κ1) is 19.4. The van der Waals surface area contributed by atoms with Crippen LogP contribution in [0, 0.1) is 0 Å². The van der Waals surface area contributed by atoms with Crippen molar-refractivity contribution in [3.63, 3.8) is 0 Å². The fourth-order valence-electron chi connectivity index (χ4n) is 5.40. The number of carbonyl (C=O) groups is 1. The van der Waals surface area contributed by atoms with Gasteiger partial charge in [-0.05, 0) is 54.9 Å². The lowest BCUT2D eigenvalue weighted by Crippen LogP contribution is -2.43. The summed E-state index contributed by atoms with van der Waals surface area (Å²) in [6, 6.07) is 17.4. The van der Waals surface area contributed by atoms with Crippen molar-refractivity contribution < 1.29 is 14.3 Å². The van der Waals surface area contributed by atoms with Crippen molar-refractivity contribution in [1.29, 1.82) is 0 Å². The number of hydrogen-bond donors (Lipinski definition) is 0. The minimum atomic E-state index is -0.163. The highest BCUT2D eigenvalue weighted by molar-refractivity contribution is 5.79. The molecular formula is C26H29NO3. The zero-order chi connectivity index (χ0) is 20.5. The van der Waals surface area contributed by atoms with Crippen LogP contribution in [0.15, 0.2) is 60.2 Å². The number of ether oxygens (including phenoxy) is 2. The molecule has 0 saturated carbocycles. The molecule has 1 saturated heterocycles. The zero-order valence-corrected chi connectivity index (χ0v) is 17.5. The lowest BCUT2D eigenvalue weighted by atomic mass is 9.98. The van der Waals surface area contributed by atoms with E-state index < -0.39 is 0 Å². The Morgan fingerprint density at radius 3 is 2.40 bits per heavy atom. The van der Waals surface area contributed by atoms with Gasteiger partial charge in [0, 0.05) is 18.6 Å². The molecule has 2 bridgehead atoms. The fraction of sp³-hybridized carbons (Fsp3) is 0.423. The number of carbonyl (C=O) groups excluding carboxylic acids is 1. The predicted octanol–water partition coefficient (Wildman–Crippen LogP) is 5.53. The average Bonchev–Trinajstić information content (AvgIpc) is 3.24. The van der Waals surface area contributed by atoms with Crippen LogP contribution in [0.25, 0.3) is 11.1 Å². The van der Waals surface area contributed by atoms with Gasteiger partial charge >= 0.3 is 6.09 Å². The third kappa shape index (κ3) is 3.43. The molecule has 4 heteroatoms. The van der Waals surface area contributed by atoms with Crippen LogP contribution in [0.2, 0.25) is 0 Å². The van der Waals surface area contributed by atoms with Gasteiger partial charge in [0.25, 0.3) is 0 Å². The molecule has 3 aliphatic rings. The average molecular weight is 404 g/mol. The van der Waals surface area contributed by atoms with Crippen LogP contribution in [-0.2, 0) is 9.47 Å². The van der Waals surface area contributed by atoms with Gasteiger partial charge in [-0.2, -0.15) is 0 Å². The number of amides is 1. The predicted molar refractivity (Wildman–Crippen MR) is 118 cm³/mol. The standard InChI is InChI=1S/C26H29NO3/c1-2-29-14-13-18-15-19-11-12-20(16-18)27(19)26(28)30-17-25-23-9-5-3-7-21(23)22-8-4-6-10-24(22)25/h3-10,15,19-20,25H,2,11-14,16-17H2,1H3. The molecule has 2 aliphatic heterocycles. The first-order chi connectivity index (χ1) is 14.8. The molecule has 1 fully saturated rings. The van der Waals surface area contributed by atoms with Crippen molar-refractivity contribution in [1.82, 2.24) is 4.90 Å². The number of rotatable bonds is 6. The van der Waals surface area contributed by atoms with Gasteiger partial charge in [0.1, 0.15) is 6.61 Å². The van der Waals surface area contributed by atoms with Crippen LogP contribution in [0.4, 0.5) is 4.79 Å². The SMILES string of the molecule is CCOCCC1=CC2CCC(C1)N2C(=O)OCC1c2ccccc2-c2ccccc21. The summed E-state index contributed by atoms with van der Waals surface area (Å²) in [6.07, 6.45) is 6.14. The van der Waals surface area contributed by atoms with E-state index in [9.17, 15) is 4.79 Å². The van der Waals surface area contributed by atoms with E-state index in [1.165, 1.54) is 27.8 Å². The minimum Gasteiger partial charge on any atom is -0.448 e. The van der Waals surface area contributed by atoms with Gasteiger partial charge in [-0.3, -0.25) is 4.90 Å². The summed E-state index contributed by atoms with van der Waals surface area (Å²) in [4.78, 5) is 15.0. The van der Waals surface area contributed by atoms with E-state index in [0.717, 1.165) is 38.9 Å². The molecule has 0 spiro atoms. The largest absolute Gasteiger partial charge is 0.448 e. The Morgan fingerprint density at radius 2 is 1.73 bits per heavy atom. The highest BCUT2D eigenvalue weighted by atomic mass is 16.6. The summed E-state index contributed by atoms with van der Waals surface area (Å²) in [5.41, 5.74) is 6.46. The number of nitrogens with zero attached hydrogens (tertiary/aromatic N) is 1. The molecular weight excluding hydrogens is 374 g/mol. The summed E-state index contributed by atoms with van der Waals surface area (Å²) in [7, 11) is 0. The fourth-order valence-corrected chi connectivity index (χ4v) is 5.40. The van der Waals surface area contributed by atoms with Gasteiger partial charge < -0.3 is 9.47 Å². The molecule has 2 unspecified atom stereocenters. The maximum atomic E-state index is 13.1. The third-order valence-electron chi connectivity index (χ3n) is 6.79. The number of hydrogen-bond acceptors (Lipinski definition) is 3. The van der Waals surface area contributed by atoms with E-state index in [-0.39, 0.29) is 24.1 Å². The van der Waals surface area contributed by atoms with Gasteiger partial charge in [-0.15, -0.1) is 0 Å². The van der Waals surface area contributed by atoms with E-state index in [1.807, 2.05) is 11.8 Å². The summed E-state index contributed by atoms with van der Waals surface area (Å²) >= 11 is 0. The third-order valence-corrected chi connectivity index (χ3v) is 6.79. The first-order valence-electron chi connectivity index (χ1n) is 11.2. The Bertz CT molecular complexity index is 921. The van der Waals surface area contributed by atoms with E-state index in [0.29, 0.717) is 6.61 Å². The lowest BCUT2D eigenvalue weighted by molar-refractivity contribution is 0.0841. The summed E-state index contributed by atoms with van der Waals surface area (Å²) < 4.78 is 11.4. The van der Waals surface area contributed by atoms with Crippen molar-refractivity contribution in [2.24, 2.45) is 0 Å². The van der Waals surface area contributed by atoms with Crippen molar-refractivity contribution in [3.05, 3.63) is 71.3 Å². The molecule has 0 N–H and O–H groups in total. The monoisotopic (exact) mass is 403 g/mol. The molecule has 5 rings (SSSR count). The second-order valence-electron chi connectivity index (χ2n) is 8.49. The highest BCUT2D eigenvalue weighted by Crippen LogP contribution is 2.45. The van der Waals surface area contributed by atoms with Crippen molar-refractivity contribution in [3.8, 4) is 11.1 Å². The molecule has 30 heavy (non-hydrogen) atoms. The minimum absolute atomic E-state index is 0.112. The van der Waals surface area contributed by atoms with Crippen LogP contribution in [0.3, 0.4) is 0 Å². The van der Waals surface area contributed by atoms with E-state index in [4.69, 9.17) is 9.47 Å².